The van der Waals surface area contributed by atoms with Crippen LogP contribution < -0.4 is 5.32 Å². The van der Waals surface area contributed by atoms with Crippen molar-refractivity contribution in [2.45, 2.75) is 31.7 Å². The molecule has 0 spiro atoms. The van der Waals surface area contributed by atoms with Crippen LogP contribution >= 0.6 is 0 Å². The van der Waals surface area contributed by atoms with Gasteiger partial charge in [-0.25, -0.2) is 9.97 Å². The Morgan fingerprint density at radius 3 is 2.95 bits per heavy atom. The third-order valence-electron chi connectivity index (χ3n) is 3.96. The topological polar surface area (TPSA) is 55.9 Å². The van der Waals surface area contributed by atoms with Crippen molar-refractivity contribution < 1.29 is 4.42 Å². The molecular weight excluding hydrogens is 264 g/mol. The molecule has 21 heavy (non-hydrogen) atoms. The predicted molar refractivity (Wildman–Crippen MR) is 81.2 cm³/mol. The van der Waals surface area contributed by atoms with Gasteiger partial charge in [0.2, 0.25) is 0 Å². The maximum absolute atomic E-state index is 5.79. The van der Waals surface area contributed by atoms with Crippen LogP contribution in [0.25, 0.3) is 11.1 Å². The smallest absolute Gasteiger partial charge is 0.198 e. The highest BCUT2D eigenvalue weighted by Gasteiger charge is 2.28. The molecule has 1 saturated carbocycles. The molecule has 1 aliphatic carbocycles. The number of oxazole rings is 1. The minimum atomic E-state index is 0.136. The fourth-order valence-electron chi connectivity index (χ4n) is 2.65. The molecule has 108 valence electrons. The standard InChI is InChI=1S/C16H18N4O/c1-10(15-17-7-8-20(15)2)18-12-5-6-14-13(9-12)19-16(21-14)11-3-4-11/h5-11,18H,3-4H2,1-2H3. The summed E-state index contributed by atoms with van der Waals surface area (Å²) >= 11 is 0. The molecule has 0 aliphatic heterocycles. The van der Waals surface area contributed by atoms with Gasteiger partial charge in [0.15, 0.2) is 11.5 Å². The first-order valence-electron chi connectivity index (χ1n) is 7.35. The summed E-state index contributed by atoms with van der Waals surface area (Å²) in [6.45, 7) is 2.10. The largest absolute Gasteiger partial charge is 0.440 e. The first kappa shape index (κ1) is 12.4. The second-order valence-electron chi connectivity index (χ2n) is 5.77. The number of rotatable bonds is 4. The first-order chi connectivity index (χ1) is 10.2. The average Bonchev–Trinajstić information content (AvgIpc) is 3.09. The van der Waals surface area contributed by atoms with E-state index in [-0.39, 0.29) is 6.04 Å². The maximum Gasteiger partial charge on any atom is 0.198 e. The van der Waals surface area contributed by atoms with Gasteiger partial charge < -0.3 is 14.3 Å². The molecule has 1 fully saturated rings. The summed E-state index contributed by atoms with van der Waals surface area (Å²) in [6.07, 6.45) is 6.18. The number of aromatic nitrogens is 3. The highest BCUT2D eigenvalue weighted by atomic mass is 16.3. The number of nitrogens with zero attached hydrogens (tertiary/aromatic N) is 3. The minimum absolute atomic E-state index is 0.136. The van der Waals surface area contributed by atoms with E-state index in [9.17, 15) is 0 Å². The van der Waals surface area contributed by atoms with Gasteiger partial charge in [-0.1, -0.05) is 0 Å². The van der Waals surface area contributed by atoms with Crippen LogP contribution in [0.3, 0.4) is 0 Å². The third-order valence-corrected chi connectivity index (χ3v) is 3.96. The lowest BCUT2D eigenvalue weighted by Gasteiger charge is -2.14. The van der Waals surface area contributed by atoms with E-state index in [1.165, 1.54) is 12.8 Å². The van der Waals surface area contributed by atoms with Crippen LogP contribution in [0.5, 0.6) is 0 Å². The van der Waals surface area contributed by atoms with E-state index in [4.69, 9.17) is 4.42 Å². The van der Waals surface area contributed by atoms with Crippen molar-refractivity contribution in [3.63, 3.8) is 0 Å². The molecule has 2 heterocycles. The molecule has 4 rings (SSSR count). The molecule has 5 nitrogen and oxygen atoms in total. The van der Waals surface area contributed by atoms with Crippen molar-refractivity contribution in [3.8, 4) is 0 Å². The highest BCUT2D eigenvalue weighted by Crippen LogP contribution is 2.40. The average molecular weight is 282 g/mol. The number of aryl methyl sites for hydroxylation is 1. The quantitative estimate of drug-likeness (QED) is 0.794. The zero-order chi connectivity index (χ0) is 14.4. The van der Waals surface area contributed by atoms with Gasteiger partial charge >= 0.3 is 0 Å². The lowest BCUT2D eigenvalue weighted by molar-refractivity contribution is 0.533. The van der Waals surface area contributed by atoms with Crippen molar-refractivity contribution >= 4 is 16.8 Å². The van der Waals surface area contributed by atoms with Crippen LogP contribution in [0.15, 0.2) is 35.0 Å². The Labute approximate surface area is 123 Å². The summed E-state index contributed by atoms with van der Waals surface area (Å²) in [5.74, 6) is 2.44. The van der Waals surface area contributed by atoms with Gasteiger partial charge in [0.1, 0.15) is 11.3 Å². The second kappa shape index (κ2) is 4.62. The van der Waals surface area contributed by atoms with E-state index >= 15 is 0 Å². The van der Waals surface area contributed by atoms with E-state index in [2.05, 4.69) is 22.2 Å². The van der Waals surface area contributed by atoms with Gasteiger partial charge in [-0.3, -0.25) is 0 Å². The summed E-state index contributed by atoms with van der Waals surface area (Å²) < 4.78 is 7.81. The van der Waals surface area contributed by atoms with Crippen LogP contribution in [0.2, 0.25) is 0 Å². The fourth-order valence-corrected chi connectivity index (χ4v) is 2.65. The predicted octanol–water partition coefficient (Wildman–Crippen LogP) is 3.61. The maximum atomic E-state index is 5.79. The number of imidazole rings is 1. The Morgan fingerprint density at radius 1 is 1.38 bits per heavy atom. The molecule has 1 aromatic carbocycles. The molecular formula is C16H18N4O. The molecule has 3 aromatic rings. The molecule has 1 atom stereocenters. The van der Waals surface area contributed by atoms with Crippen LogP contribution in [0.4, 0.5) is 5.69 Å². The van der Waals surface area contributed by atoms with Crippen molar-refractivity contribution in [1.82, 2.24) is 14.5 Å². The van der Waals surface area contributed by atoms with Crippen LogP contribution in [0.1, 0.15) is 43.4 Å². The SMILES string of the molecule is CC(Nc1ccc2oc(C3CC3)nc2c1)c1nccn1C. The van der Waals surface area contributed by atoms with Gasteiger partial charge in [-0.2, -0.15) is 0 Å². The zero-order valence-corrected chi connectivity index (χ0v) is 12.2. The van der Waals surface area contributed by atoms with E-state index in [1.807, 2.05) is 42.2 Å². The van der Waals surface area contributed by atoms with Gasteiger partial charge in [0.05, 0.1) is 6.04 Å². The number of hydrogen-bond acceptors (Lipinski definition) is 4. The Morgan fingerprint density at radius 2 is 2.24 bits per heavy atom. The van der Waals surface area contributed by atoms with Crippen LogP contribution in [-0.4, -0.2) is 14.5 Å². The van der Waals surface area contributed by atoms with Crippen molar-refractivity contribution in [2.75, 3.05) is 5.32 Å². The molecule has 0 amide bonds. The third kappa shape index (κ3) is 2.28. The van der Waals surface area contributed by atoms with Gasteiger partial charge in [0, 0.05) is 31.0 Å². The van der Waals surface area contributed by atoms with E-state index < -0.39 is 0 Å². The lowest BCUT2D eigenvalue weighted by atomic mass is 10.2. The minimum Gasteiger partial charge on any atom is -0.440 e. The number of anilines is 1. The molecule has 5 heteroatoms. The summed E-state index contributed by atoms with van der Waals surface area (Å²) in [5.41, 5.74) is 2.83. The Bertz CT molecular complexity index is 785. The van der Waals surface area contributed by atoms with Gasteiger partial charge in [-0.15, -0.1) is 0 Å². The summed E-state index contributed by atoms with van der Waals surface area (Å²) in [4.78, 5) is 8.97. The highest BCUT2D eigenvalue weighted by molar-refractivity contribution is 5.77. The lowest BCUT2D eigenvalue weighted by Crippen LogP contribution is -2.11. The van der Waals surface area contributed by atoms with E-state index in [0.29, 0.717) is 5.92 Å². The fraction of sp³-hybridized carbons (Fsp3) is 0.375. The number of fused-ring (bicyclic) bond motifs is 1. The van der Waals surface area contributed by atoms with E-state index in [0.717, 1.165) is 28.5 Å². The summed E-state index contributed by atoms with van der Waals surface area (Å²) in [5, 5.41) is 3.47. The molecule has 0 bridgehead atoms. The molecule has 0 saturated heterocycles. The summed E-state index contributed by atoms with van der Waals surface area (Å²) in [6, 6.07) is 6.20. The van der Waals surface area contributed by atoms with Gasteiger partial charge in [-0.05, 0) is 38.0 Å². The van der Waals surface area contributed by atoms with Crippen LogP contribution in [-0.2, 0) is 7.05 Å². The monoisotopic (exact) mass is 282 g/mol. The number of hydrogen-bond donors (Lipinski definition) is 1. The first-order valence-corrected chi connectivity index (χ1v) is 7.35. The van der Waals surface area contributed by atoms with Crippen molar-refractivity contribution in [3.05, 3.63) is 42.3 Å². The molecule has 1 aliphatic rings. The Balaban J connectivity index is 1.60. The van der Waals surface area contributed by atoms with Crippen LogP contribution in [0, 0.1) is 0 Å². The zero-order valence-electron chi connectivity index (χ0n) is 12.2. The summed E-state index contributed by atoms with van der Waals surface area (Å²) in [7, 11) is 2.00. The Kier molecular flexibility index (Phi) is 2.74. The molecule has 1 N–H and O–H groups in total. The molecule has 0 radical (unpaired) electrons. The second-order valence-corrected chi connectivity index (χ2v) is 5.77. The molecule has 1 unspecified atom stereocenters. The van der Waals surface area contributed by atoms with E-state index in [1.54, 1.807) is 0 Å². The van der Waals surface area contributed by atoms with Crippen molar-refractivity contribution in [1.29, 1.82) is 0 Å². The Hall–Kier alpha value is -2.30. The van der Waals surface area contributed by atoms with Crippen molar-refractivity contribution in [2.24, 2.45) is 7.05 Å². The number of benzene rings is 1. The number of nitrogens with one attached hydrogen (secondary N) is 1. The normalized spacial score (nSPS) is 16.3. The van der Waals surface area contributed by atoms with Gasteiger partial charge in [0.25, 0.3) is 0 Å². The molecule has 2 aromatic heterocycles.